The van der Waals surface area contributed by atoms with E-state index in [0.29, 0.717) is 37.8 Å². The summed E-state index contributed by atoms with van der Waals surface area (Å²) in [5.41, 5.74) is 1.07. The molecule has 1 aromatic carbocycles. The van der Waals surface area contributed by atoms with E-state index in [1.807, 2.05) is 49.4 Å². The highest BCUT2D eigenvalue weighted by Crippen LogP contribution is 2.07. The Bertz CT molecular complexity index is 638. The van der Waals surface area contributed by atoms with Gasteiger partial charge in [0.2, 0.25) is 11.8 Å². The molecule has 23 heavy (non-hydrogen) atoms. The first kappa shape index (κ1) is 16.9. The molecule has 0 radical (unpaired) electrons. The highest BCUT2D eigenvalue weighted by Gasteiger charge is 2.15. The highest BCUT2D eigenvalue weighted by atomic mass is 16.5. The second kappa shape index (κ2) is 8.85. The average molecular weight is 315 g/mol. The minimum absolute atomic E-state index is 0.0196. The molecule has 2 rings (SSSR count). The van der Waals surface area contributed by atoms with E-state index in [0.717, 1.165) is 5.56 Å². The van der Waals surface area contributed by atoms with Gasteiger partial charge in [-0.3, -0.25) is 4.79 Å². The predicted octanol–water partition coefficient (Wildman–Crippen LogP) is 2.67. The van der Waals surface area contributed by atoms with Crippen LogP contribution in [-0.4, -0.2) is 34.6 Å². The molecule has 2 aromatic rings. The van der Waals surface area contributed by atoms with Crippen LogP contribution in [0.3, 0.4) is 0 Å². The average Bonchev–Trinajstić information content (AvgIpc) is 3.01. The van der Waals surface area contributed by atoms with E-state index in [1.165, 1.54) is 0 Å². The molecule has 0 N–H and O–H groups in total. The van der Waals surface area contributed by atoms with E-state index in [2.05, 4.69) is 10.1 Å². The van der Waals surface area contributed by atoms with Crippen LogP contribution in [0.2, 0.25) is 0 Å². The number of aromatic nitrogens is 2. The lowest BCUT2D eigenvalue weighted by atomic mass is 10.2. The Hall–Kier alpha value is -2.47. The molecule has 1 heterocycles. The summed E-state index contributed by atoms with van der Waals surface area (Å²) in [6, 6.07) is 9.88. The van der Waals surface area contributed by atoms with Gasteiger partial charge < -0.3 is 14.2 Å². The smallest absolute Gasteiger partial charge is 0.246 e. The molecular weight excluding hydrogens is 294 g/mol. The van der Waals surface area contributed by atoms with Gasteiger partial charge in [0.05, 0.1) is 6.54 Å². The van der Waals surface area contributed by atoms with Crippen LogP contribution in [0.5, 0.6) is 0 Å². The van der Waals surface area contributed by atoms with Gasteiger partial charge in [0.1, 0.15) is 6.61 Å². The second-order valence-electron chi connectivity index (χ2n) is 4.96. The van der Waals surface area contributed by atoms with Gasteiger partial charge in [-0.25, -0.2) is 0 Å². The summed E-state index contributed by atoms with van der Waals surface area (Å²) in [5, 5.41) is 3.79. The van der Waals surface area contributed by atoms with E-state index in [-0.39, 0.29) is 5.91 Å². The maximum absolute atomic E-state index is 12.3. The number of rotatable bonds is 8. The van der Waals surface area contributed by atoms with Crippen molar-refractivity contribution in [2.24, 2.45) is 0 Å². The van der Waals surface area contributed by atoms with Crippen molar-refractivity contribution in [1.29, 1.82) is 0 Å². The Morgan fingerprint density at radius 3 is 2.83 bits per heavy atom. The van der Waals surface area contributed by atoms with Gasteiger partial charge in [0.25, 0.3) is 0 Å². The van der Waals surface area contributed by atoms with Crippen LogP contribution in [0, 0.1) is 0 Å². The molecule has 0 aliphatic rings. The van der Waals surface area contributed by atoms with Crippen molar-refractivity contribution in [1.82, 2.24) is 15.0 Å². The molecule has 0 fully saturated rings. The summed E-state index contributed by atoms with van der Waals surface area (Å²) in [5.74, 6) is 0.917. The Morgan fingerprint density at radius 1 is 1.35 bits per heavy atom. The van der Waals surface area contributed by atoms with Crippen molar-refractivity contribution >= 4 is 12.0 Å². The van der Waals surface area contributed by atoms with Crippen molar-refractivity contribution in [2.45, 2.75) is 26.5 Å². The summed E-state index contributed by atoms with van der Waals surface area (Å²) >= 11 is 0. The Balaban J connectivity index is 1.88. The third-order valence-electron chi connectivity index (χ3n) is 3.25. The van der Waals surface area contributed by atoms with Crippen LogP contribution in [0.25, 0.3) is 6.08 Å². The van der Waals surface area contributed by atoms with Crippen LogP contribution in [-0.2, 0) is 22.7 Å². The number of amides is 1. The van der Waals surface area contributed by atoms with Crippen molar-refractivity contribution in [3.05, 3.63) is 53.7 Å². The number of methoxy groups -OCH3 is 1. The Morgan fingerprint density at radius 2 is 2.13 bits per heavy atom. The summed E-state index contributed by atoms with van der Waals surface area (Å²) in [6.07, 6.45) is 4.14. The maximum atomic E-state index is 12.3. The number of carbonyl (C=O) groups excluding carboxylic acids is 1. The number of hydrogen-bond acceptors (Lipinski definition) is 5. The summed E-state index contributed by atoms with van der Waals surface area (Å²) in [6.45, 7) is 3.11. The molecule has 6 nitrogen and oxygen atoms in total. The lowest BCUT2D eigenvalue weighted by Gasteiger charge is -2.17. The molecule has 0 saturated heterocycles. The largest absolute Gasteiger partial charge is 0.377 e. The number of hydrogen-bond donors (Lipinski definition) is 0. The highest BCUT2D eigenvalue weighted by molar-refractivity contribution is 5.78. The normalized spacial score (nSPS) is 11.0. The van der Waals surface area contributed by atoms with Crippen LogP contribution >= 0.6 is 0 Å². The summed E-state index contributed by atoms with van der Waals surface area (Å²) in [7, 11) is 1.57. The van der Waals surface area contributed by atoms with Crippen LogP contribution in [0.4, 0.5) is 0 Å². The minimum Gasteiger partial charge on any atom is -0.377 e. The van der Waals surface area contributed by atoms with Crippen LogP contribution < -0.4 is 0 Å². The predicted molar refractivity (Wildman–Crippen MR) is 86.2 cm³/mol. The molecule has 0 aliphatic carbocycles. The molecule has 0 bridgehead atoms. The van der Waals surface area contributed by atoms with Gasteiger partial charge in [-0.05, 0) is 12.5 Å². The number of ether oxygens (including phenoxy) is 1. The zero-order valence-electron chi connectivity index (χ0n) is 13.4. The van der Waals surface area contributed by atoms with Crippen molar-refractivity contribution in [2.75, 3.05) is 13.7 Å². The van der Waals surface area contributed by atoms with E-state index in [1.54, 1.807) is 12.0 Å². The summed E-state index contributed by atoms with van der Waals surface area (Å²) < 4.78 is 10.1. The topological polar surface area (TPSA) is 68.5 Å². The lowest BCUT2D eigenvalue weighted by molar-refractivity contribution is -0.131. The van der Waals surface area contributed by atoms with Gasteiger partial charge in [-0.2, -0.15) is 4.98 Å². The first-order valence-corrected chi connectivity index (χ1v) is 7.52. The zero-order chi connectivity index (χ0) is 16.5. The lowest BCUT2D eigenvalue weighted by Crippen LogP contribution is -2.29. The fourth-order valence-corrected chi connectivity index (χ4v) is 2.07. The van der Waals surface area contributed by atoms with Gasteiger partial charge in [-0.15, -0.1) is 0 Å². The van der Waals surface area contributed by atoms with Gasteiger partial charge in [0, 0.05) is 20.1 Å². The number of nitrogens with zero attached hydrogens (tertiary/aromatic N) is 3. The third-order valence-corrected chi connectivity index (χ3v) is 3.25. The monoisotopic (exact) mass is 315 g/mol. The van der Waals surface area contributed by atoms with Crippen molar-refractivity contribution < 1.29 is 14.1 Å². The molecular formula is C17H21N3O3. The minimum atomic E-state index is 0.0196. The summed E-state index contributed by atoms with van der Waals surface area (Å²) in [4.78, 5) is 18.1. The fraction of sp³-hybridized carbons (Fsp3) is 0.353. The molecule has 0 unspecified atom stereocenters. The molecule has 0 atom stereocenters. The van der Waals surface area contributed by atoms with Gasteiger partial charge in [-0.1, -0.05) is 47.6 Å². The molecule has 6 heteroatoms. The molecule has 122 valence electrons. The fourth-order valence-electron chi connectivity index (χ4n) is 2.07. The van der Waals surface area contributed by atoms with E-state index < -0.39 is 0 Å². The van der Waals surface area contributed by atoms with E-state index in [9.17, 15) is 4.79 Å². The quantitative estimate of drug-likeness (QED) is 0.749. The number of benzene rings is 1. The molecule has 0 spiro atoms. The second-order valence-corrected chi connectivity index (χ2v) is 4.96. The van der Waals surface area contributed by atoms with Crippen molar-refractivity contribution in [3.63, 3.8) is 0 Å². The van der Waals surface area contributed by atoms with Crippen LogP contribution in [0.1, 0.15) is 30.6 Å². The van der Waals surface area contributed by atoms with Crippen LogP contribution in [0.15, 0.2) is 40.9 Å². The van der Waals surface area contributed by atoms with Gasteiger partial charge in [0.15, 0.2) is 5.82 Å². The Labute approximate surface area is 135 Å². The third kappa shape index (κ3) is 5.34. The molecule has 0 aliphatic heterocycles. The van der Waals surface area contributed by atoms with Gasteiger partial charge >= 0.3 is 0 Å². The van der Waals surface area contributed by atoms with E-state index in [4.69, 9.17) is 9.26 Å². The molecule has 0 saturated carbocycles. The molecule has 1 aromatic heterocycles. The Kier molecular flexibility index (Phi) is 6.50. The maximum Gasteiger partial charge on any atom is 0.246 e. The first-order chi connectivity index (χ1) is 11.2. The first-order valence-electron chi connectivity index (χ1n) is 7.52. The SMILES string of the molecule is CCN(Cc1nc(COC)no1)C(=O)CC=Cc1ccccc1. The van der Waals surface area contributed by atoms with E-state index >= 15 is 0 Å². The molecule has 1 amide bonds. The standard InChI is InChI=1S/C17H21N3O3/c1-3-20(12-16-18-15(13-22-2)19-23-16)17(21)11-7-10-14-8-5-4-6-9-14/h4-10H,3,11-13H2,1-2H3. The van der Waals surface area contributed by atoms with Crippen molar-refractivity contribution in [3.8, 4) is 0 Å². The number of carbonyl (C=O) groups is 1. The zero-order valence-corrected chi connectivity index (χ0v) is 13.4.